The highest BCUT2D eigenvalue weighted by atomic mass is 16.5. The van der Waals surface area contributed by atoms with Crippen molar-refractivity contribution in [1.29, 1.82) is 5.41 Å². The van der Waals surface area contributed by atoms with Crippen molar-refractivity contribution in [1.82, 2.24) is 0 Å². The van der Waals surface area contributed by atoms with E-state index in [9.17, 15) is 4.79 Å². The Hall–Kier alpha value is -1.64. The molecule has 0 saturated carbocycles. The minimum atomic E-state index is -0.339. The molecule has 1 rings (SSSR count). The number of rotatable bonds is 2. The van der Waals surface area contributed by atoms with Crippen molar-refractivity contribution in [3.05, 3.63) is 34.9 Å². The van der Waals surface area contributed by atoms with Crippen molar-refractivity contribution in [3.63, 3.8) is 0 Å². The van der Waals surface area contributed by atoms with Gasteiger partial charge in [0.1, 0.15) is 0 Å². The minimum absolute atomic E-state index is 0.339. The molecule has 0 heterocycles. The second-order valence-corrected chi connectivity index (χ2v) is 2.71. The molecule has 13 heavy (non-hydrogen) atoms. The van der Waals surface area contributed by atoms with Crippen molar-refractivity contribution in [2.24, 2.45) is 0 Å². The lowest BCUT2D eigenvalue weighted by molar-refractivity contribution is 0.0600. The van der Waals surface area contributed by atoms with E-state index in [2.05, 4.69) is 4.74 Å². The van der Waals surface area contributed by atoms with Gasteiger partial charge in [0.05, 0.1) is 12.7 Å². The van der Waals surface area contributed by atoms with Crippen LogP contribution in [-0.2, 0) is 4.74 Å². The van der Waals surface area contributed by atoms with Gasteiger partial charge in [-0.2, -0.15) is 0 Å². The third-order valence-electron chi connectivity index (χ3n) is 1.82. The lowest BCUT2D eigenvalue weighted by atomic mass is 10.1. The number of ether oxygens (including phenoxy) is 1. The van der Waals surface area contributed by atoms with Gasteiger partial charge in [-0.05, 0) is 30.2 Å². The van der Waals surface area contributed by atoms with Crippen LogP contribution in [0.2, 0.25) is 0 Å². The Morgan fingerprint density at radius 2 is 2.23 bits per heavy atom. The summed E-state index contributed by atoms with van der Waals surface area (Å²) < 4.78 is 4.59. The third kappa shape index (κ3) is 1.93. The highest BCUT2D eigenvalue weighted by molar-refractivity contribution is 5.92. The van der Waals surface area contributed by atoms with Crippen LogP contribution in [0.4, 0.5) is 0 Å². The van der Waals surface area contributed by atoms with Crippen LogP contribution in [0.3, 0.4) is 0 Å². The Balaban J connectivity index is 3.12. The fourth-order valence-electron chi connectivity index (χ4n) is 1.12. The molecule has 0 aliphatic rings. The maximum absolute atomic E-state index is 11.2. The van der Waals surface area contributed by atoms with E-state index >= 15 is 0 Å². The number of benzene rings is 1. The molecule has 0 aliphatic heterocycles. The molecule has 1 aromatic carbocycles. The molecule has 68 valence electrons. The summed E-state index contributed by atoms with van der Waals surface area (Å²) in [5, 5.41) is 7.02. The Bertz CT molecular complexity index is 345. The predicted molar refractivity (Wildman–Crippen MR) is 50.4 cm³/mol. The molecule has 1 aromatic rings. The van der Waals surface area contributed by atoms with Crippen molar-refractivity contribution >= 4 is 12.2 Å². The fourth-order valence-corrected chi connectivity index (χ4v) is 1.12. The smallest absolute Gasteiger partial charge is 0.338 e. The number of hydrogen-bond donors (Lipinski definition) is 1. The van der Waals surface area contributed by atoms with E-state index < -0.39 is 0 Å². The van der Waals surface area contributed by atoms with E-state index in [1.165, 1.54) is 13.3 Å². The van der Waals surface area contributed by atoms with Crippen LogP contribution >= 0.6 is 0 Å². The largest absolute Gasteiger partial charge is 0.465 e. The lowest BCUT2D eigenvalue weighted by Crippen LogP contribution is -2.03. The molecular formula is C10H11NO2. The van der Waals surface area contributed by atoms with Crippen molar-refractivity contribution in [2.45, 2.75) is 6.92 Å². The average molecular weight is 177 g/mol. The first-order valence-corrected chi connectivity index (χ1v) is 3.88. The number of esters is 1. The number of carbonyl (C=O) groups is 1. The topological polar surface area (TPSA) is 50.2 Å². The van der Waals surface area contributed by atoms with Gasteiger partial charge in [-0.15, -0.1) is 0 Å². The van der Waals surface area contributed by atoms with E-state index in [0.717, 1.165) is 11.1 Å². The van der Waals surface area contributed by atoms with Crippen molar-refractivity contribution in [3.8, 4) is 0 Å². The minimum Gasteiger partial charge on any atom is -0.465 e. The van der Waals surface area contributed by atoms with Crippen molar-refractivity contribution < 1.29 is 9.53 Å². The first-order valence-electron chi connectivity index (χ1n) is 3.88. The summed E-state index contributed by atoms with van der Waals surface area (Å²) in [6.45, 7) is 1.82. The summed E-state index contributed by atoms with van der Waals surface area (Å²) in [5.41, 5.74) is 2.16. The van der Waals surface area contributed by atoms with Gasteiger partial charge in [-0.25, -0.2) is 4.79 Å². The van der Waals surface area contributed by atoms with Gasteiger partial charge in [0.25, 0.3) is 0 Å². The number of methoxy groups -OCH3 is 1. The lowest BCUT2D eigenvalue weighted by Gasteiger charge is -2.03. The second kappa shape index (κ2) is 3.85. The normalized spacial score (nSPS) is 9.38. The fraction of sp³-hybridized carbons (Fsp3) is 0.200. The highest BCUT2D eigenvalue weighted by Gasteiger charge is 2.07. The number of carbonyl (C=O) groups excluding carboxylic acids is 1. The van der Waals surface area contributed by atoms with Crippen LogP contribution in [-0.4, -0.2) is 19.3 Å². The quantitative estimate of drug-likeness (QED) is 0.553. The van der Waals surface area contributed by atoms with Crippen LogP contribution in [0.1, 0.15) is 21.5 Å². The van der Waals surface area contributed by atoms with E-state index in [4.69, 9.17) is 5.41 Å². The van der Waals surface area contributed by atoms with Gasteiger partial charge >= 0.3 is 5.97 Å². The molecule has 0 aliphatic carbocycles. The van der Waals surface area contributed by atoms with Gasteiger partial charge in [-0.3, -0.25) is 0 Å². The molecule has 3 nitrogen and oxygen atoms in total. The molecule has 0 atom stereocenters. The number of aryl methyl sites for hydroxylation is 1. The van der Waals surface area contributed by atoms with Crippen LogP contribution < -0.4 is 0 Å². The van der Waals surface area contributed by atoms with Crippen LogP contribution in [0.25, 0.3) is 0 Å². The van der Waals surface area contributed by atoms with E-state index in [1.54, 1.807) is 18.2 Å². The van der Waals surface area contributed by atoms with E-state index in [1.807, 2.05) is 6.92 Å². The zero-order valence-corrected chi connectivity index (χ0v) is 7.63. The molecule has 0 aromatic heterocycles. The maximum atomic E-state index is 11.2. The summed E-state index contributed by atoms with van der Waals surface area (Å²) in [7, 11) is 1.35. The van der Waals surface area contributed by atoms with Crippen LogP contribution in [0, 0.1) is 12.3 Å². The van der Waals surface area contributed by atoms with Crippen LogP contribution in [0.5, 0.6) is 0 Å². The molecule has 0 amide bonds. The Morgan fingerprint density at radius 3 is 2.69 bits per heavy atom. The molecule has 0 bridgehead atoms. The predicted octanol–water partition coefficient (Wildman–Crippen LogP) is 1.78. The standard InChI is InChI=1S/C10H11NO2/c1-7-5-8(6-11)3-4-9(7)10(12)13-2/h3-6,11H,1-2H3. The molecule has 3 heteroatoms. The number of nitrogens with one attached hydrogen (secondary N) is 1. The summed E-state index contributed by atoms with van der Waals surface area (Å²) in [6.07, 6.45) is 1.24. The monoisotopic (exact) mass is 177 g/mol. The first kappa shape index (κ1) is 9.45. The van der Waals surface area contributed by atoms with Gasteiger partial charge in [0.15, 0.2) is 0 Å². The average Bonchev–Trinajstić information content (AvgIpc) is 2.16. The Labute approximate surface area is 76.9 Å². The molecule has 0 fully saturated rings. The molecule has 0 radical (unpaired) electrons. The van der Waals surface area contributed by atoms with Gasteiger partial charge in [-0.1, -0.05) is 6.07 Å². The van der Waals surface area contributed by atoms with Crippen molar-refractivity contribution in [2.75, 3.05) is 7.11 Å². The van der Waals surface area contributed by atoms with E-state index in [0.29, 0.717) is 5.56 Å². The Kier molecular flexibility index (Phi) is 2.80. The summed E-state index contributed by atoms with van der Waals surface area (Å²) in [6, 6.07) is 5.16. The first-order chi connectivity index (χ1) is 6.19. The molecule has 0 unspecified atom stereocenters. The molecular weight excluding hydrogens is 166 g/mol. The maximum Gasteiger partial charge on any atom is 0.338 e. The second-order valence-electron chi connectivity index (χ2n) is 2.71. The highest BCUT2D eigenvalue weighted by Crippen LogP contribution is 2.10. The van der Waals surface area contributed by atoms with E-state index in [-0.39, 0.29) is 5.97 Å². The van der Waals surface area contributed by atoms with Gasteiger partial charge in [0.2, 0.25) is 0 Å². The van der Waals surface area contributed by atoms with Crippen LogP contribution in [0.15, 0.2) is 18.2 Å². The SMILES string of the molecule is COC(=O)c1ccc(C=N)cc1C. The van der Waals surface area contributed by atoms with Gasteiger partial charge in [0, 0.05) is 6.21 Å². The number of hydrogen-bond acceptors (Lipinski definition) is 3. The summed E-state index contributed by atoms with van der Waals surface area (Å²) in [4.78, 5) is 11.2. The third-order valence-corrected chi connectivity index (χ3v) is 1.82. The molecule has 1 N–H and O–H groups in total. The summed E-state index contributed by atoms with van der Waals surface area (Å²) >= 11 is 0. The molecule has 0 spiro atoms. The summed E-state index contributed by atoms with van der Waals surface area (Å²) in [5.74, 6) is -0.339. The van der Waals surface area contributed by atoms with Gasteiger partial charge < -0.3 is 10.1 Å². The Morgan fingerprint density at radius 1 is 1.54 bits per heavy atom. The zero-order chi connectivity index (χ0) is 9.84. The molecule has 0 saturated heterocycles. The zero-order valence-electron chi connectivity index (χ0n) is 7.63.